The van der Waals surface area contributed by atoms with E-state index in [0.29, 0.717) is 29.6 Å². The summed E-state index contributed by atoms with van der Waals surface area (Å²) in [6.45, 7) is 3.44. The van der Waals surface area contributed by atoms with Crippen LogP contribution in [0.4, 0.5) is 13.2 Å². The molecule has 0 bridgehead atoms. The molecule has 1 saturated heterocycles. The van der Waals surface area contributed by atoms with E-state index in [1.165, 1.54) is 5.56 Å². The molecule has 2 aliphatic rings. The van der Waals surface area contributed by atoms with Gasteiger partial charge in [-0.2, -0.15) is 13.2 Å². The summed E-state index contributed by atoms with van der Waals surface area (Å²) < 4.78 is 44.1. The number of pyridine rings is 1. The van der Waals surface area contributed by atoms with E-state index in [9.17, 15) is 13.2 Å². The zero-order chi connectivity index (χ0) is 21.6. The highest BCUT2D eigenvalue weighted by Crippen LogP contribution is 2.41. The number of alkyl halides is 3. The molecule has 0 spiro atoms. The minimum absolute atomic E-state index is 0.0633. The largest absolute Gasteiger partial charge is 0.420 e. The lowest BCUT2D eigenvalue weighted by Crippen LogP contribution is -2.36. The number of fused-ring (bicyclic) bond motifs is 1. The lowest BCUT2D eigenvalue weighted by atomic mass is 9.88. The van der Waals surface area contributed by atoms with Crippen LogP contribution in [0.3, 0.4) is 0 Å². The van der Waals surface area contributed by atoms with Crippen LogP contribution in [0.2, 0.25) is 0 Å². The van der Waals surface area contributed by atoms with E-state index < -0.39 is 11.7 Å². The molecular formula is C24H27F3N4. The molecule has 1 saturated carbocycles. The standard InChI is InChI=1S/C24H27F3N4/c1-16(30-12-9-19(10-13-30)18-5-3-2-4-6-18)20-11-14-31-21(15-17-7-8-17)28-29-23(31)22(20)24(25,26)27/h2-6,11,14,16-17,19H,7-10,12-13,15H2,1H3. The number of rotatable bonds is 5. The zero-order valence-corrected chi connectivity index (χ0v) is 17.6. The Morgan fingerprint density at radius 3 is 2.35 bits per heavy atom. The predicted octanol–water partition coefficient (Wildman–Crippen LogP) is 5.64. The van der Waals surface area contributed by atoms with Crippen LogP contribution in [-0.2, 0) is 12.6 Å². The molecule has 1 unspecified atom stereocenters. The van der Waals surface area contributed by atoms with Crippen molar-refractivity contribution in [3.05, 3.63) is 65.1 Å². The first-order chi connectivity index (χ1) is 14.9. The molecule has 0 radical (unpaired) electrons. The summed E-state index contributed by atoms with van der Waals surface area (Å²) in [6.07, 6.45) is 2.09. The fourth-order valence-electron chi connectivity index (χ4n) is 4.92. The number of halogens is 3. The molecule has 1 aliphatic heterocycles. The van der Waals surface area contributed by atoms with Crippen molar-refractivity contribution in [2.45, 2.75) is 57.2 Å². The Morgan fingerprint density at radius 2 is 1.71 bits per heavy atom. The van der Waals surface area contributed by atoms with Crippen LogP contribution in [0.25, 0.3) is 5.65 Å². The summed E-state index contributed by atoms with van der Waals surface area (Å²) in [5.74, 6) is 1.63. The highest BCUT2D eigenvalue weighted by Gasteiger charge is 2.40. The second-order valence-corrected chi connectivity index (χ2v) is 9.00. The lowest BCUT2D eigenvalue weighted by Gasteiger charge is -2.37. The SMILES string of the molecule is CC(c1ccn2c(CC3CC3)nnc2c1C(F)(F)F)N1CCC(c2ccccc2)CC1. The van der Waals surface area contributed by atoms with Crippen LogP contribution in [0.15, 0.2) is 42.6 Å². The smallest absolute Gasteiger partial charge is 0.297 e. The molecule has 1 aromatic carbocycles. The lowest BCUT2D eigenvalue weighted by molar-refractivity contribution is -0.137. The van der Waals surface area contributed by atoms with E-state index >= 15 is 0 Å². The van der Waals surface area contributed by atoms with Gasteiger partial charge in [-0.15, -0.1) is 10.2 Å². The van der Waals surface area contributed by atoms with Crippen LogP contribution >= 0.6 is 0 Å². The van der Waals surface area contributed by atoms with Gasteiger partial charge in [0.05, 0.1) is 0 Å². The van der Waals surface area contributed by atoms with Crippen molar-refractivity contribution in [1.29, 1.82) is 0 Å². The van der Waals surface area contributed by atoms with Gasteiger partial charge in [0.1, 0.15) is 11.4 Å². The van der Waals surface area contributed by atoms with Crippen LogP contribution < -0.4 is 0 Å². The number of likely N-dealkylation sites (tertiary alicyclic amines) is 1. The Labute approximate surface area is 180 Å². The molecule has 164 valence electrons. The number of benzene rings is 1. The van der Waals surface area contributed by atoms with Gasteiger partial charge >= 0.3 is 6.18 Å². The van der Waals surface area contributed by atoms with Gasteiger partial charge in [-0.05, 0) is 74.7 Å². The summed E-state index contributed by atoms with van der Waals surface area (Å²) in [5.41, 5.74) is 0.913. The second kappa shape index (κ2) is 7.93. The predicted molar refractivity (Wildman–Crippen MR) is 113 cm³/mol. The molecular weight excluding hydrogens is 401 g/mol. The van der Waals surface area contributed by atoms with E-state index in [1.54, 1.807) is 16.7 Å². The molecule has 31 heavy (non-hydrogen) atoms. The summed E-state index contributed by atoms with van der Waals surface area (Å²) in [5, 5.41) is 8.09. The van der Waals surface area contributed by atoms with Crippen molar-refractivity contribution in [1.82, 2.24) is 19.5 Å². The summed E-state index contributed by atoms with van der Waals surface area (Å²) in [6, 6.07) is 11.7. The van der Waals surface area contributed by atoms with Crippen molar-refractivity contribution in [3.8, 4) is 0 Å². The molecule has 0 N–H and O–H groups in total. The van der Waals surface area contributed by atoms with Gasteiger partial charge in [-0.1, -0.05) is 30.3 Å². The van der Waals surface area contributed by atoms with Gasteiger partial charge in [0.2, 0.25) is 0 Å². The summed E-state index contributed by atoms with van der Waals surface area (Å²) in [4.78, 5) is 2.17. The van der Waals surface area contributed by atoms with Gasteiger partial charge in [-0.25, -0.2) is 0 Å². The summed E-state index contributed by atoms with van der Waals surface area (Å²) >= 11 is 0. The average Bonchev–Trinajstić information content (AvgIpc) is 3.51. The molecule has 1 aliphatic carbocycles. The van der Waals surface area contributed by atoms with Gasteiger partial charge < -0.3 is 0 Å². The first kappa shape index (κ1) is 20.5. The quantitative estimate of drug-likeness (QED) is 0.527. The van der Waals surface area contributed by atoms with Gasteiger partial charge in [0.15, 0.2) is 5.65 Å². The minimum atomic E-state index is -4.47. The van der Waals surface area contributed by atoms with E-state index in [4.69, 9.17) is 0 Å². The molecule has 3 heterocycles. The highest BCUT2D eigenvalue weighted by atomic mass is 19.4. The highest BCUT2D eigenvalue weighted by molar-refractivity contribution is 5.54. The first-order valence-electron chi connectivity index (χ1n) is 11.1. The van der Waals surface area contributed by atoms with Crippen molar-refractivity contribution in [2.24, 2.45) is 5.92 Å². The third kappa shape index (κ3) is 4.07. The molecule has 3 aromatic rings. The summed E-state index contributed by atoms with van der Waals surface area (Å²) in [7, 11) is 0. The Hall–Kier alpha value is -2.41. The van der Waals surface area contributed by atoms with E-state index in [-0.39, 0.29) is 11.7 Å². The maximum absolute atomic E-state index is 14.2. The third-order valence-corrected chi connectivity index (χ3v) is 6.93. The first-order valence-corrected chi connectivity index (χ1v) is 11.1. The van der Waals surface area contributed by atoms with Crippen molar-refractivity contribution in [3.63, 3.8) is 0 Å². The molecule has 2 fully saturated rings. The molecule has 7 heteroatoms. The van der Waals surface area contributed by atoms with Crippen LogP contribution in [-0.4, -0.2) is 32.6 Å². The maximum atomic E-state index is 14.2. The number of aromatic nitrogens is 3. The van der Waals surface area contributed by atoms with Crippen molar-refractivity contribution < 1.29 is 13.2 Å². The van der Waals surface area contributed by atoms with Gasteiger partial charge in [0, 0.05) is 18.7 Å². The number of hydrogen-bond donors (Lipinski definition) is 0. The maximum Gasteiger partial charge on any atom is 0.420 e. The number of nitrogens with zero attached hydrogens (tertiary/aromatic N) is 4. The minimum Gasteiger partial charge on any atom is -0.297 e. The van der Waals surface area contributed by atoms with Crippen molar-refractivity contribution >= 4 is 5.65 Å². The van der Waals surface area contributed by atoms with Crippen LogP contribution in [0.5, 0.6) is 0 Å². The molecule has 1 atom stereocenters. The second-order valence-electron chi connectivity index (χ2n) is 9.00. The molecule has 0 amide bonds. The normalized spacial score (nSPS) is 19.7. The monoisotopic (exact) mass is 428 g/mol. The van der Waals surface area contributed by atoms with E-state index in [0.717, 1.165) is 38.8 Å². The Morgan fingerprint density at radius 1 is 1.00 bits per heavy atom. The fraction of sp³-hybridized carbons (Fsp3) is 0.500. The number of piperidine rings is 1. The average molecular weight is 429 g/mol. The van der Waals surface area contributed by atoms with Gasteiger partial charge in [-0.3, -0.25) is 9.30 Å². The fourth-order valence-corrected chi connectivity index (χ4v) is 4.92. The van der Waals surface area contributed by atoms with Crippen molar-refractivity contribution in [2.75, 3.05) is 13.1 Å². The van der Waals surface area contributed by atoms with E-state index in [1.807, 2.05) is 25.1 Å². The van der Waals surface area contributed by atoms with Gasteiger partial charge in [0.25, 0.3) is 0 Å². The van der Waals surface area contributed by atoms with E-state index in [2.05, 4.69) is 27.2 Å². The Balaban J connectivity index is 1.41. The van der Waals surface area contributed by atoms with Crippen LogP contribution in [0, 0.1) is 5.92 Å². The van der Waals surface area contributed by atoms with Crippen LogP contribution in [0.1, 0.15) is 67.1 Å². The third-order valence-electron chi connectivity index (χ3n) is 6.93. The molecule has 2 aromatic heterocycles. The molecule has 5 rings (SSSR count). The number of hydrogen-bond acceptors (Lipinski definition) is 3. The zero-order valence-electron chi connectivity index (χ0n) is 17.6. The molecule has 4 nitrogen and oxygen atoms in total. The topological polar surface area (TPSA) is 33.4 Å². The Kier molecular flexibility index (Phi) is 5.24. The Bertz CT molecular complexity index is 1050.